The van der Waals surface area contributed by atoms with Gasteiger partial charge in [-0.2, -0.15) is 0 Å². The first kappa shape index (κ1) is 16.1. The summed E-state index contributed by atoms with van der Waals surface area (Å²) in [5.74, 6) is 0.0396. The Bertz CT molecular complexity index is 705. The first-order valence-corrected chi connectivity index (χ1v) is 7.27. The molecule has 2 rings (SSSR count). The van der Waals surface area contributed by atoms with Crippen molar-refractivity contribution in [3.05, 3.63) is 58.1 Å². The SMILES string of the molecule is COc1ccc(C(=Cc2ccc(Br)cc2)C(=O)O)cc1OC. The fourth-order valence-electron chi connectivity index (χ4n) is 2.00. The van der Waals surface area contributed by atoms with Gasteiger partial charge in [-0.3, -0.25) is 0 Å². The number of methoxy groups -OCH3 is 2. The lowest BCUT2D eigenvalue weighted by Gasteiger charge is -2.10. The number of carboxylic acids is 1. The fourth-order valence-corrected chi connectivity index (χ4v) is 2.26. The maximum Gasteiger partial charge on any atom is 0.336 e. The monoisotopic (exact) mass is 362 g/mol. The summed E-state index contributed by atoms with van der Waals surface area (Å²) in [6.45, 7) is 0. The van der Waals surface area contributed by atoms with Crippen molar-refractivity contribution in [3.8, 4) is 11.5 Å². The van der Waals surface area contributed by atoms with Gasteiger partial charge in [0.05, 0.1) is 19.8 Å². The van der Waals surface area contributed by atoms with E-state index in [1.165, 1.54) is 14.2 Å². The van der Waals surface area contributed by atoms with E-state index in [4.69, 9.17) is 9.47 Å². The lowest BCUT2D eigenvalue weighted by Crippen LogP contribution is -2.01. The topological polar surface area (TPSA) is 55.8 Å². The zero-order chi connectivity index (χ0) is 16.1. The van der Waals surface area contributed by atoms with Crippen molar-refractivity contribution in [2.24, 2.45) is 0 Å². The van der Waals surface area contributed by atoms with Gasteiger partial charge < -0.3 is 14.6 Å². The van der Waals surface area contributed by atoms with E-state index in [1.54, 1.807) is 24.3 Å². The van der Waals surface area contributed by atoms with Crippen molar-refractivity contribution < 1.29 is 19.4 Å². The molecule has 0 bridgehead atoms. The summed E-state index contributed by atoms with van der Waals surface area (Å²) < 4.78 is 11.3. The summed E-state index contributed by atoms with van der Waals surface area (Å²) in [5, 5.41) is 9.48. The van der Waals surface area contributed by atoms with Crippen molar-refractivity contribution in [2.75, 3.05) is 14.2 Å². The zero-order valence-corrected chi connectivity index (χ0v) is 13.8. The largest absolute Gasteiger partial charge is 0.493 e. The first-order chi connectivity index (χ1) is 10.5. The van der Waals surface area contributed by atoms with Crippen molar-refractivity contribution >= 4 is 33.5 Å². The second kappa shape index (κ2) is 7.13. The highest BCUT2D eigenvalue weighted by molar-refractivity contribution is 9.10. The van der Waals surface area contributed by atoms with Gasteiger partial charge in [0.1, 0.15) is 0 Å². The highest BCUT2D eigenvalue weighted by Crippen LogP contribution is 2.31. The van der Waals surface area contributed by atoms with E-state index < -0.39 is 5.97 Å². The van der Waals surface area contributed by atoms with Gasteiger partial charge in [-0.1, -0.05) is 34.1 Å². The van der Waals surface area contributed by atoms with E-state index in [2.05, 4.69) is 15.9 Å². The van der Waals surface area contributed by atoms with E-state index in [-0.39, 0.29) is 5.57 Å². The normalized spacial score (nSPS) is 11.1. The van der Waals surface area contributed by atoms with Crippen LogP contribution in [-0.2, 0) is 4.79 Å². The molecule has 0 amide bonds. The molecule has 22 heavy (non-hydrogen) atoms. The average Bonchev–Trinajstić information content (AvgIpc) is 2.53. The third kappa shape index (κ3) is 3.68. The smallest absolute Gasteiger partial charge is 0.336 e. The molecule has 0 aliphatic heterocycles. The van der Waals surface area contributed by atoms with Crippen LogP contribution in [0.4, 0.5) is 0 Å². The van der Waals surface area contributed by atoms with Crippen molar-refractivity contribution in [1.29, 1.82) is 0 Å². The number of halogens is 1. The number of aliphatic carboxylic acids is 1. The van der Waals surface area contributed by atoms with Gasteiger partial charge in [-0.05, 0) is 41.5 Å². The van der Waals surface area contributed by atoms with Crippen LogP contribution in [0, 0.1) is 0 Å². The Morgan fingerprint density at radius 3 is 2.23 bits per heavy atom. The summed E-state index contributed by atoms with van der Waals surface area (Å²) >= 11 is 3.35. The molecule has 0 fully saturated rings. The second-order valence-electron chi connectivity index (χ2n) is 4.48. The molecule has 0 atom stereocenters. The number of carboxylic acid groups (broad SMARTS) is 1. The van der Waals surface area contributed by atoms with E-state index >= 15 is 0 Å². The molecular formula is C17H15BrO4. The Hall–Kier alpha value is -2.27. The molecule has 0 spiro atoms. The van der Waals surface area contributed by atoms with Crippen molar-refractivity contribution in [2.45, 2.75) is 0 Å². The van der Waals surface area contributed by atoms with Crippen molar-refractivity contribution in [1.82, 2.24) is 0 Å². The maximum atomic E-state index is 11.6. The molecule has 5 heteroatoms. The minimum Gasteiger partial charge on any atom is -0.493 e. The Balaban J connectivity index is 2.48. The van der Waals surface area contributed by atoms with Gasteiger partial charge in [-0.25, -0.2) is 4.79 Å². The Morgan fingerprint density at radius 2 is 1.68 bits per heavy atom. The predicted octanol–water partition coefficient (Wildman–Crippen LogP) is 4.09. The van der Waals surface area contributed by atoms with Crippen LogP contribution < -0.4 is 9.47 Å². The van der Waals surface area contributed by atoms with Crippen LogP contribution in [0.5, 0.6) is 11.5 Å². The molecule has 0 heterocycles. The van der Waals surface area contributed by atoms with Crippen LogP contribution in [0.3, 0.4) is 0 Å². The third-order valence-corrected chi connectivity index (χ3v) is 3.63. The second-order valence-corrected chi connectivity index (χ2v) is 5.40. The predicted molar refractivity (Wildman–Crippen MR) is 89.2 cm³/mol. The highest BCUT2D eigenvalue weighted by atomic mass is 79.9. The van der Waals surface area contributed by atoms with E-state index in [9.17, 15) is 9.90 Å². The molecule has 0 saturated carbocycles. The summed E-state index contributed by atoms with van der Waals surface area (Å²) in [4.78, 5) is 11.6. The Labute approximate surface area is 137 Å². The van der Waals surface area contributed by atoms with Gasteiger partial charge in [-0.15, -0.1) is 0 Å². The van der Waals surface area contributed by atoms with Crippen LogP contribution >= 0.6 is 15.9 Å². The van der Waals surface area contributed by atoms with Crippen LogP contribution in [0.15, 0.2) is 46.9 Å². The first-order valence-electron chi connectivity index (χ1n) is 6.48. The van der Waals surface area contributed by atoms with Gasteiger partial charge in [0.25, 0.3) is 0 Å². The number of rotatable bonds is 5. The Morgan fingerprint density at radius 1 is 1.05 bits per heavy atom. The summed E-state index contributed by atoms with van der Waals surface area (Å²) in [5.41, 5.74) is 1.53. The molecular weight excluding hydrogens is 348 g/mol. The maximum absolute atomic E-state index is 11.6. The molecule has 0 aliphatic carbocycles. The van der Waals surface area contributed by atoms with E-state index in [0.717, 1.165) is 10.0 Å². The molecule has 0 saturated heterocycles. The van der Waals surface area contributed by atoms with Gasteiger partial charge >= 0.3 is 5.97 Å². The number of hydrogen-bond acceptors (Lipinski definition) is 3. The molecule has 0 aromatic heterocycles. The third-order valence-electron chi connectivity index (χ3n) is 3.11. The van der Waals surface area contributed by atoms with Crippen molar-refractivity contribution in [3.63, 3.8) is 0 Å². The van der Waals surface area contributed by atoms with Gasteiger partial charge in [0.2, 0.25) is 0 Å². The Kier molecular flexibility index (Phi) is 5.22. The summed E-state index contributed by atoms with van der Waals surface area (Å²) in [7, 11) is 3.05. The molecule has 114 valence electrons. The minimum atomic E-state index is -1.00. The van der Waals surface area contributed by atoms with Crippen LogP contribution in [0.1, 0.15) is 11.1 Å². The minimum absolute atomic E-state index is 0.184. The van der Waals surface area contributed by atoms with Crippen LogP contribution in [0.2, 0.25) is 0 Å². The number of carbonyl (C=O) groups is 1. The van der Waals surface area contributed by atoms with E-state index in [1.807, 2.05) is 24.3 Å². The lowest BCUT2D eigenvalue weighted by atomic mass is 10.0. The molecule has 2 aromatic rings. The number of hydrogen-bond donors (Lipinski definition) is 1. The van der Waals surface area contributed by atoms with E-state index in [0.29, 0.717) is 17.1 Å². The van der Waals surface area contributed by atoms with Crippen LogP contribution in [0.25, 0.3) is 11.6 Å². The highest BCUT2D eigenvalue weighted by Gasteiger charge is 2.13. The quantitative estimate of drug-likeness (QED) is 0.642. The number of ether oxygens (including phenoxy) is 2. The zero-order valence-electron chi connectivity index (χ0n) is 12.2. The summed E-state index contributed by atoms with van der Waals surface area (Å²) in [6, 6.07) is 12.4. The molecule has 0 unspecified atom stereocenters. The molecule has 4 nitrogen and oxygen atoms in total. The molecule has 0 radical (unpaired) electrons. The standard InChI is InChI=1S/C17H15BrO4/c1-21-15-8-5-12(10-16(15)22-2)14(17(19)20)9-11-3-6-13(18)7-4-11/h3-10H,1-2H3,(H,19,20). The molecule has 1 N–H and O–H groups in total. The van der Waals surface area contributed by atoms with Gasteiger partial charge in [0, 0.05) is 4.47 Å². The lowest BCUT2D eigenvalue weighted by molar-refractivity contribution is -0.130. The van der Waals surface area contributed by atoms with Crippen LogP contribution in [-0.4, -0.2) is 25.3 Å². The fraction of sp³-hybridized carbons (Fsp3) is 0.118. The number of benzene rings is 2. The average molecular weight is 363 g/mol. The van der Waals surface area contributed by atoms with Gasteiger partial charge in [0.15, 0.2) is 11.5 Å². The summed E-state index contributed by atoms with van der Waals surface area (Å²) in [6.07, 6.45) is 1.62. The molecule has 0 aliphatic rings. The molecule has 2 aromatic carbocycles.